The first-order valence-corrected chi connectivity index (χ1v) is 12.0. The molecule has 0 amide bonds. The van der Waals surface area contributed by atoms with E-state index in [1.54, 1.807) is 0 Å². The Labute approximate surface area is 194 Å². The number of benzene rings is 1. The second kappa shape index (κ2) is 9.49. The fourth-order valence-electron chi connectivity index (χ4n) is 5.30. The Morgan fingerprint density at radius 1 is 1.09 bits per heavy atom. The molecule has 2 fully saturated rings. The monoisotopic (exact) mass is 448 g/mol. The number of fused-ring (bicyclic) bond motifs is 1. The molecule has 0 bridgehead atoms. The highest BCUT2D eigenvalue weighted by Gasteiger charge is 2.29. The number of carbonyl (C=O) groups is 1. The van der Waals surface area contributed by atoms with Gasteiger partial charge in [0, 0.05) is 55.7 Å². The van der Waals surface area contributed by atoms with E-state index in [9.17, 15) is 9.90 Å². The maximum atomic E-state index is 10.9. The molecule has 8 heteroatoms. The molecular weight excluding hydrogens is 416 g/mol. The number of nitrogens with one attached hydrogen (secondary N) is 1. The summed E-state index contributed by atoms with van der Waals surface area (Å²) in [5.41, 5.74) is 11.0. The highest BCUT2D eigenvalue weighted by molar-refractivity contribution is 5.72. The van der Waals surface area contributed by atoms with Gasteiger partial charge in [-0.2, -0.15) is 0 Å². The molecule has 1 aromatic carbocycles. The molecule has 2 aliphatic carbocycles. The number of aliphatic hydroxyl groups is 1. The summed E-state index contributed by atoms with van der Waals surface area (Å²) in [6.07, 6.45) is 8.36. The number of aromatic nitrogens is 2. The number of carbonyl (C=O) groups excluding carboxylic acids is 1. The standard InChI is InChI=1S/C25H32N6O2/c26-22(16-32)31-13-11-30(12-14-31)20-8-6-19(7-9-20)28-25-27-15-18-5-10-21(33)23(24(18)29-25)17-3-1-2-4-17/h6-9,15-17,22,33H,1-5,10-14,26H2,(H,27,28,29). The van der Waals surface area contributed by atoms with Crippen LogP contribution in [0.2, 0.25) is 0 Å². The topological polar surface area (TPSA) is 108 Å². The molecule has 174 valence electrons. The predicted molar refractivity (Wildman–Crippen MR) is 129 cm³/mol. The maximum absolute atomic E-state index is 10.9. The Morgan fingerprint density at radius 2 is 1.82 bits per heavy atom. The quantitative estimate of drug-likeness (QED) is 0.578. The average molecular weight is 449 g/mol. The van der Waals surface area contributed by atoms with Gasteiger partial charge >= 0.3 is 0 Å². The zero-order chi connectivity index (χ0) is 22.8. The van der Waals surface area contributed by atoms with Crippen molar-refractivity contribution in [2.24, 2.45) is 11.7 Å². The van der Waals surface area contributed by atoms with Crippen molar-refractivity contribution in [3.8, 4) is 0 Å². The third-order valence-electron chi connectivity index (χ3n) is 7.19. The number of anilines is 3. The molecule has 33 heavy (non-hydrogen) atoms. The zero-order valence-electron chi connectivity index (χ0n) is 18.9. The Kier molecular flexibility index (Phi) is 6.28. The molecule has 3 aliphatic rings. The minimum atomic E-state index is -0.513. The van der Waals surface area contributed by atoms with Crippen LogP contribution in [0.25, 0.3) is 5.57 Å². The summed E-state index contributed by atoms with van der Waals surface area (Å²) in [7, 11) is 0. The molecule has 8 nitrogen and oxygen atoms in total. The van der Waals surface area contributed by atoms with Gasteiger partial charge in [0.15, 0.2) is 6.29 Å². The third kappa shape index (κ3) is 4.58. The SMILES string of the molecule is NC(C=O)N1CCN(c2ccc(Nc3ncc4c(n3)C(C3CCCC3)=C(O)CC4)cc2)CC1. The molecule has 1 saturated heterocycles. The van der Waals surface area contributed by atoms with Crippen LogP contribution in [0, 0.1) is 5.92 Å². The number of aldehydes is 1. The Hall–Kier alpha value is -2.97. The molecule has 0 radical (unpaired) electrons. The van der Waals surface area contributed by atoms with Gasteiger partial charge in [0.25, 0.3) is 0 Å². The first kappa shape index (κ1) is 21.9. The number of allylic oxidation sites excluding steroid dienone is 2. The van der Waals surface area contributed by atoms with E-state index in [1.807, 2.05) is 23.2 Å². The minimum absolute atomic E-state index is 0.410. The molecule has 1 unspecified atom stereocenters. The predicted octanol–water partition coefficient (Wildman–Crippen LogP) is 3.23. The molecule has 2 aromatic rings. The Balaban J connectivity index is 1.27. The van der Waals surface area contributed by atoms with E-state index in [-0.39, 0.29) is 0 Å². The number of nitrogens with zero attached hydrogens (tertiary/aromatic N) is 4. The van der Waals surface area contributed by atoms with Gasteiger partial charge in [-0.05, 0) is 55.0 Å². The lowest BCUT2D eigenvalue weighted by Gasteiger charge is -2.37. The van der Waals surface area contributed by atoms with E-state index in [0.29, 0.717) is 24.0 Å². The van der Waals surface area contributed by atoms with E-state index >= 15 is 0 Å². The van der Waals surface area contributed by atoms with Crippen molar-refractivity contribution in [3.63, 3.8) is 0 Å². The second-order valence-corrected chi connectivity index (χ2v) is 9.23. The van der Waals surface area contributed by atoms with Crippen molar-refractivity contribution >= 4 is 29.2 Å². The number of rotatable bonds is 6. The fourth-order valence-corrected chi connectivity index (χ4v) is 5.30. The number of nitrogens with two attached hydrogens (primary N) is 1. The summed E-state index contributed by atoms with van der Waals surface area (Å²) in [5, 5.41) is 14.0. The van der Waals surface area contributed by atoms with Crippen molar-refractivity contribution in [1.82, 2.24) is 14.9 Å². The number of aliphatic hydroxyl groups excluding tert-OH is 1. The summed E-state index contributed by atoms with van der Waals surface area (Å²) in [6, 6.07) is 8.25. The molecule has 1 saturated carbocycles. The van der Waals surface area contributed by atoms with Crippen LogP contribution in [0.5, 0.6) is 0 Å². The second-order valence-electron chi connectivity index (χ2n) is 9.23. The molecule has 0 spiro atoms. The number of hydrogen-bond acceptors (Lipinski definition) is 8. The van der Waals surface area contributed by atoms with Crippen LogP contribution in [0.1, 0.15) is 43.4 Å². The Morgan fingerprint density at radius 3 is 2.52 bits per heavy atom. The van der Waals surface area contributed by atoms with Gasteiger partial charge in [-0.15, -0.1) is 0 Å². The number of hydrogen-bond donors (Lipinski definition) is 3. The number of aryl methyl sites for hydroxylation is 1. The van der Waals surface area contributed by atoms with Crippen LogP contribution in [0.3, 0.4) is 0 Å². The summed E-state index contributed by atoms with van der Waals surface area (Å²) in [6.45, 7) is 3.21. The lowest BCUT2D eigenvalue weighted by molar-refractivity contribution is -0.112. The van der Waals surface area contributed by atoms with Crippen LogP contribution in [0.15, 0.2) is 36.2 Å². The summed E-state index contributed by atoms with van der Waals surface area (Å²) >= 11 is 0. The highest BCUT2D eigenvalue weighted by Crippen LogP contribution is 2.42. The normalized spacial score (nSPS) is 20.6. The molecule has 1 aromatic heterocycles. The lowest BCUT2D eigenvalue weighted by Crippen LogP contribution is -2.53. The van der Waals surface area contributed by atoms with E-state index in [4.69, 9.17) is 10.7 Å². The van der Waals surface area contributed by atoms with E-state index in [1.165, 1.54) is 12.8 Å². The van der Waals surface area contributed by atoms with Crippen LogP contribution in [-0.4, -0.2) is 58.6 Å². The van der Waals surface area contributed by atoms with Crippen LogP contribution in [-0.2, 0) is 11.2 Å². The van der Waals surface area contributed by atoms with Crippen molar-refractivity contribution in [3.05, 3.63) is 47.5 Å². The van der Waals surface area contributed by atoms with Crippen molar-refractivity contribution in [1.29, 1.82) is 0 Å². The van der Waals surface area contributed by atoms with Gasteiger partial charge in [-0.1, -0.05) is 12.8 Å². The van der Waals surface area contributed by atoms with Crippen LogP contribution in [0.4, 0.5) is 17.3 Å². The Bertz CT molecular complexity index is 1020. The molecule has 2 heterocycles. The molecule has 5 rings (SSSR count). The van der Waals surface area contributed by atoms with Gasteiger partial charge < -0.3 is 25.9 Å². The molecule has 4 N–H and O–H groups in total. The molecular formula is C25H32N6O2. The van der Waals surface area contributed by atoms with Crippen molar-refractivity contribution in [2.45, 2.75) is 44.7 Å². The molecule has 1 atom stereocenters. The van der Waals surface area contributed by atoms with Crippen molar-refractivity contribution in [2.75, 3.05) is 36.4 Å². The van der Waals surface area contributed by atoms with Gasteiger partial charge in [0.05, 0.1) is 11.5 Å². The summed E-state index contributed by atoms with van der Waals surface area (Å²) in [4.78, 5) is 24.6. The first-order valence-electron chi connectivity index (χ1n) is 12.0. The summed E-state index contributed by atoms with van der Waals surface area (Å²) in [5.74, 6) is 1.48. The van der Waals surface area contributed by atoms with E-state index in [0.717, 1.165) is 79.9 Å². The fraction of sp³-hybridized carbons (Fsp3) is 0.480. The van der Waals surface area contributed by atoms with Gasteiger partial charge in [-0.3, -0.25) is 4.90 Å². The van der Waals surface area contributed by atoms with Gasteiger partial charge in [0.1, 0.15) is 6.17 Å². The van der Waals surface area contributed by atoms with Crippen molar-refractivity contribution < 1.29 is 9.90 Å². The largest absolute Gasteiger partial charge is 0.512 e. The van der Waals surface area contributed by atoms with Crippen LogP contribution >= 0.6 is 0 Å². The number of piperazine rings is 1. The van der Waals surface area contributed by atoms with Gasteiger partial charge in [-0.25, -0.2) is 9.97 Å². The summed E-state index contributed by atoms with van der Waals surface area (Å²) < 4.78 is 0. The van der Waals surface area contributed by atoms with E-state index < -0.39 is 6.17 Å². The maximum Gasteiger partial charge on any atom is 0.227 e. The highest BCUT2D eigenvalue weighted by atomic mass is 16.3. The smallest absolute Gasteiger partial charge is 0.227 e. The van der Waals surface area contributed by atoms with Crippen LogP contribution < -0.4 is 16.0 Å². The zero-order valence-corrected chi connectivity index (χ0v) is 18.9. The first-order chi connectivity index (χ1) is 16.1. The van der Waals surface area contributed by atoms with E-state index in [2.05, 4.69) is 27.3 Å². The minimum Gasteiger partial charge on any atom is -0.512 e. The van der Waals surface area contributed by atoms with Gasteiger partial charge in [0.2, 0.25) is 5.95 Å². The third-order valence-corrected chi connectivity index (χ3v) is 7.19. The molecule has 1 aliphatic heterocycles. The average Bonchev–Trinajstić information content (AvgIpc) is 3.38. The lowest BCUT2D eigenvalue weighted by atomic mass is 9.85.